The van der Waals surface area contributed by atoms with Crippen LogP contribution in [0.2, 0.25) is 18.6 Å². The number of carbonyl (C=O) groups is 2. The van der Waals surface area contributed by atoms with E-state index in [9.17, 15) is 19.5 Å². The van der Waals surface area contributed by atoms with Crippen molar-refractivity contribution in [1.29, 1.82) is 0 Å². The Morgan fingerprint density at radius 1 is 0.818 bits per heavy atom. The van der Waals surface area contributed by atoms with Crippen molar-refractivity contribution in [3.05, 3.63) is 108 Å². The fraction of sp³-hybridized carbons (Fsp3) is 0.257. The Morgan fingerprint density at radius 3 is 2.23 bits per heavy atom. The highest BCUT2D eigenvalue weighted by Gasteiger charge is 2.66. The molecule has 7 rings (SSSR count). The van der Waals surface area contributed by atoms with Crippen molar-refractivity contribution < 1.29 is 29.0 Å². The number of fused-ring (bicyclic) bond motifs is 4. The fourth-order valence-electron chi connectivity index (χ4n) is 7.43. The average molecular weight is 607 g/mol. The maximum atomic E-state index is 14.8. The van der Waals surface area contributed by atoms with Gasteiger partial charge in [0.1, 0.15) is 5.75 Å². The van der Waals surface area contributed by atoms with Crippen molar-refractivity contribution in [1.82, 2.24) is 0 Å². The quantitative estimate of drug-likeness (QED) is 0.248. The average Bonchev–Trinajstić information content (AvgIpc) is 3.39. The molecule has 224 valence electrons. The fourth-order valence-corrected chi connectivity index (χ4v) is 10.0. The molecule has 0 aliphatic carbocycles. The molecule has 44 heavy (non-hydrogen) atoms. The molecule has 4 aromatic carbocycles. The first-order chi connectivity index (χ1) is 21.2. The standard InChI is InChI=1S/C35H34N2O6Si/c1-22-32(44(2,3)41)31(19-20-38)43-35(22)26-21-24(17-18-27(26)37(34(35)40)23-11-5-4-6-12-23)36-28-14-8-10-16-30(28)42-29-15-9-7-13-25(29)33(36)39/h4-18,21-22,31-32,38,41H,19-20H2,1-3H3/t22-,31+,32-,35+/m1/s1. The lowest BCUT2D eigenvalue weighted by atomic mass is 9.82. The summed E-state index contributed by atoms with van der Waals surface area (Å²) < 4.78 is 13.0. The van der Waals surface area contributed by atoms with Gasteiger partial charge >= 0.3 is 0 Å². The van der Waals surface area contributed by atoms with Gasteiger partial charge in [-0.2, -0.15) is 0 Å². The lowest BCUT2D eigenvalue weighted by Gasteiger charge is -2.32. The Bertz CT molecular complexity index is 1770. The summed E-state index contributed by atoms with van der Waals surface area (Å²) in [5, 5.41) is 9.96. The summed E-state index contributed by atoms with van der Waals surface area (Å²) in [5.74, 6) is 0.0854. The van der Waals surface area contributed by atoms with Crippen LogP contribution in [0, 0.1) is 5.92 Å². The molecule has 0 saturated carbocycles. The summed E-state index contributed by atoms with van der Waals surface area (Å²) >= 11 is 0. The molecule has 1 fully saturated rings. The van der Waals surface area contributed by atoms with Gasteiger partial charge in [0.05, 0.1) is 23.0 Å². The van der Waals surface area contributed by atoms with Gasteiger partial charge in [-0.25, -0.2) is 0 Å². The van der Waals surface area contributed by atoms with Crippen molar-refractivity contribution >= 4 is 42.9 Å². The maximum absolute atomic E-state index is 14.8. The molecule has 9 heteroatoms. The van der Waals surface area contributed by atoms with Gasteiger partial charge in [-0.15, -0.1) is 0 Å². The molecule has 0 radical (unpaired) electrons. The number of hydrogen-bond donors (Lipinski definition) is 2. The summed E-state index contributed by atoms with van der Waals surface area (Å²) in [7, 11) is -2.87. The number of nitrogens with zero attached hydrogens (tertiary/aromatic N) is 2. The number of hydrogen-bond acceptors (Lipinski definition) is 6. The predicted octanol–water partition coefficient (Wildman–Crippen LogP) is 6.63. The van der Waals surface area contributed by atoms with E-state index in [1.807, 2.05) is 98.9 Å². The van der Waals surface area contributed by atoms with E-state index >= 15 is 0 Å². The van der Waals surface area contributed by atoms with E-state index in [1.54, 1.807) is 28.0 Å². The summed E-state index contributed by atoms with van der Waals surface area (Å²) in [6.07, 6.45) is -0.216. The van der Waals surface area contributed by atoms with Gasteiger partial charge in [-0.1, -0.05) is 49.4 Å². The van der Waals surface area contributed by atoms with E-state index in [2.05, 4.69) is 0 Å². The summed E-state index contributed by atoms with van der Waals surface area (Å²) in [4.78, 5) is 43.7. The number of amides is 2. The topological polar surface area (TPSA) is 99.5 Å². The van der Waals surface area contributed by atoms with E-state index in [0.29, 0.717) is 51.8 Å². The molecular formula is C35H34N2O6Si. The van der Waals surface area contributed by atoms with Crippen LogP contribution in [0.3, 0.4) is 0 Å². The van der Waals surface area contributed by atoms with Crippen LogP contribution in [0.5, 0.6) is 11.5 Å². The molecule has 3 aliphatic rings. The molecule has 4 atom stereocenters. The van der Waals surface area contributed by atoms with E-state index in [1.165, 1.54) is 0 Å². The van der Waals surface area contributed by atoms with Gasteiger partial charge in [0.25, 0.3) is 11.8 Å². The number of benzene rings is 4. The Morgan fingerprint density at radius 2 is 1.50 bits per heavy atom. The number of anilines is 4. The SMILES string of the molecule is C[C@@H]1[C@@H]([Si](C)(C)O)[C@H](CCO)O[C@@]12C(=O)N(c1ccccc1)c1ccc(N3C(=O)c4ccccc4Oc4ccccc43)cc12. The monoisotopic (exact) mass is 606 g/mol. The van der Waals surface area contributed by atoms with Gasteiger partial charge < -0.3 is 19.4 Å². The highest BCUT2D eigenvalue weighted by Crippen LogP contribution is 2.61. The number of aliphatic hydroxyl groups is 1. The molecule has 0 bridgehead atoms. The lowest BCUT2D eigenvalue weighted by molar-refractivity contribution is -0.145. The van der Waals surface area contributed by atoms with E-state index in [4.69, 9.17) is 9.47 Å². The summed E-state index contributed by atoms with van der Waals surface area (Å²) in [5.41, 5.74) is 1.79. The zero-order valence-electron chi connectivity index (χ0n) is 24.8. The van der Waals surface area contributed by atoms with Crippen LogP contribution in [0.1, 0.15) is 29.3 Å². The van der Waals surface area contributed by atoms with Crippen molar-refractivity contribution in [2.45, 2.75) is 43.7 Å². The smallest absolute Gasteiger partial charge is 0.268 e. The van der Waals surface area contributed by atoms with Gasteiger partial charge in [-0.3, -0.25) is 19.4 Å². The van der Waals surface area contributed by atoms with E-state index < -0.39 is 25.9 Å². The van der Waals surface area contributed by atoms with Crippen molar-refractivity contribution in [2.75, 3.05) is 16.4 Å². The highest BCUT2D eigenvalue weighted by atomic mass is 28.4. The number of rotatable bonds is 5. The zero-order chi connectivity index (χ0) is 30.8. The van der Waals surface area contributed by atoms with Gasteiger partial charge in [0, 0.05) is 35.0 Å². The van der Waals surface area contributed by atoms with Crippen LogP contribution in [0.4, 0.5) is 22.7 Å². The second-order valence-electron chi connectivity index (χ2n) is 12.3. The highest BCUT2D eigenvalue weighted by molar-refractivity contribution is 6.71. The second kappa shape index (κ2) is 10.4. The minimum absolute atomic E-state index is 0.129. The van der Waals surface area contributed by atoms with Crippen LogP contribution < -0.4 is 14.5 Å². The molecule has 2 amide bonds. The molecule has 3 aliphatic heterocycles. The van der Waals surface area contributed by atoms with Crippen LogP contribution in [-0.2, 0) is 15.1 Å². The minimum Gasteiger partial charge on any atom is -0.454 e. The molecule has 3 heterocycles. The number of aliphatic hydroxyl groups excluding tert-OH is 1. The van der Waals surface area contributed by atoms with Crippen molar-refractivity contribution in [2.24, 2.45) is 5.92 Å². The number of carbonyl (C=O) groups excluding carboxylic acids is 2. The third-order valence-electron chi connectivity index (χ3n) is 9.21. The second-order valence-corrected chi connectivity index (χ2v) is 16.2. The first kappa shape index (κ1) is 28.5. The Labute approximate surface area is 257 Å². The van der Waals surface area contributed by atoms with Crippen LogP contribution in [0.25, 0.3) is 0 Å². The largest absolute Gasteiger partial charge is 0.454 e. The predicted molar refractivity (Wildman–Crippen MR) is 170 cm³/mol. The number of para-hydroxylation sites is 4. The summed E-state index contributed by atoms with van der Waals surface area (Å²) in [6.45, 7) is 5.55. The van der Waals surface area contributed by atoms with Crippen LogP contribution in [-0.4, -0.2) is 42.7 Å². The molecule has 0 unspecified atom stereocenters. The molecule has 8 nitrogen and oxygen atoms in total. The third-order valence-corrected chi connectivity index (χ3v) is 11.7. The maximum Gasteiger partial charge on any atom is 0.268 e. The zero-order valence-corrected chi connectivity index (χ0v) is 25.8. The van der Waals surface area contributed by atoms with Crippen molar-refractivity contribution in [3.63, 3.8) is 0 Å². The number of ether oxygens (including phenoxy) is 2. The van der Waals surface area contributed by atoms with Gasteiger partial charge in [-0.05, 0) is 74.1 Å². The molecule has 1 saturated heterocycles. The minimum atomic E-state index is -2.87. The van der Waals surface area contributed by atoms with Gasteiger partial charge in [0.15, 0.2) is 19.7 Å². The normalized spacial score (nSPS) is 24.2. The first-order valence-corrected chi connectivity index (χ1v) is 17.9. The van der Waals surface area contributed by atoms with E-state index in [0.717, 1.165) is 0 Å². The van der Waals surface area contributed by atoms with Crippen molar-refractivity contribution in [3.8, 4) is 11.5 Å². The van der Waals surface area contributed by atoms with Crippen LogP contribution in [0.15, 0.2) is 97.1 Å². The lowest BCUT2D eigenvalue weighted by Crippen LogP contribution is -2.45. The molecular weight excluding hydrogens is 572 g/mol. The third kappa shape index (κ3) is 4.15. The Hall–Kier alpha value is -4.28. The molecule has 1 spiro atoms. The Balaban J connectivity index is 1.45. The van der Waals surface area contributed by atoms with Gasteiger partial charge in [0.2, 0.25) is 0 Å². The van der Waals surface area contributed by atoms with E-state index in [-0.39, 0.29) is 24.0 Å². The summed E-state index contributed by atoms with van der Waals surface area (Å²) in [6, 6.07) is 29.5. The Kier molecular flexibility index (Phi) is 6.74. The molecule has 2 N–H and O–H groups in total. The van der Waals surface area contributed by atoms with Crippen LogP contribution >= 0.6 is 0 Å². The molecule has 0 aromatic heterocycles. The molecule has 4 aromatic rings. The first-order valence-electron chi connectivity index (χ1n) is 14.9.